The monoisotopic (exact) mass is 170 g/mol. The molecule has 0 N–H and O–H groups in total. The van der Waals surface area contributed by atoms with Crippen LogP contribution in [-0.2, 0) is 4.79 Å². The molecule has 1 atom stereocenters. The molecule has 0 spiro atoms. The maximum atomic E-state index is 11.4. The minimum atomic E-state index is 0.257. The molecule has 0 saturated heterocycles. The highest BCUT2D eigenvalue weighted by atomic mass is 16.1. The van der Waals surface area contributed by atoms with Crippen molar-refractivity contribution in [3.05, 3.63) is 0 Å². The summed E-state index contributed by atoms with van der Waals surface area (Å²) in [6, 6.07) is 0. The van der Waals surface area contributed by atoms with Gasteiger partial charge in [-0.3, -0.25) is 4.79 Å². The van der Waals surface area contributed by atoms with E-state index in [0.717, 1.165) is 19.3 Å². The molecule has 0 aromatic heterocycles. The predicted octanol–water partition coefficient (Wildman–Crippen LogP) is 3.43. The average Bonchev–Trinajstić information content (AvgIpc) is 1.97. The molecule has 0 amide bonds. The second-order valence-electron chi connectivity index (χ2n) is 4.84. The van der Waals surface area contributed by atoms with Crippen LogP contribution in [0.25, 0.3) is 0 Å². The lowest BCUT2D eigenvalue weighted by molar-refractivity contribution is -0.122. The van der Waals surface area contributed by atoms with Gasteiger partial charge in [-0.15, -0.1) is 0 Å². The zero-order valence-electron chi connectivity index (χ0n) is 9.11. The highest BCUT2D eigenvalue weighted by Crippen LogP contribution is 2.22. The third-order valence-electron chi connectivity index (χ3n) is 2.28. The molecule has 0 aliphatic rings. The summed E-state index contributed by atoms with van der Waals surface area (Å²) in [6.45, 7) is 10.6. The first-order chi connectivity index (χ1) is 5.37. The fourth-order valence-electron chi connectivity index (χ4n) is 0.972. The molecule has 12 heavy (non-hydrogen) atoms. The Bertz CT molecular complexity index is 142. The zero-order chi connectivity index (χ0) is 9.78. The van der Waals surface area contributed by atoms with Crippen molar-refractivity contribution in [2.45, 2.75) is 53.9 Å². The molecule has 0 rings (SSSR count). The van der Waals surface area contributed by atoms with E-state index >= 15 is 0 Å². The van der Waals surface area contributed by atoms with Gasteiger partial charge in [0.15, 0.2) is 0 Å². The molecule has 0 aromatic rings. The minimum absolute atomic E-state index is 0.257. The van der Waals surface area contributed by atoms with Crippen LogP contribution in [0.5, 0.6) is 0 Å². The molecule has 0 aliphatic heterocycles. The van der Waals surface area contributed by atoms with Crippen LogP contribution < -0.4 is 0 Å². The van der Waals surface area contributed by atoms with Crippen molar-refractivity contribution < 1.29 is 4.79 Å². The normalized spacial score (nSPS) is 14.4. The topological polar surface area (TPSA) is 17.1 Å². The van der Waals surface area contributed by atoms with Crippen LogP contribution in [0, 0.1) is 11.3 Å². The molecule has 1 unspecified atom stereocenters. The van der Waals surface area contributed by atoms with E-state index in [0.29, 0.717) is 11.2 Å². The molecule has 0 fully saturated rings. The molecule has 1 heteroatoms. The maximum Gasteiger partial charge on any atom is 0.135 e. The van der Waals surface area contributed by atoms with Crippen LogP contribution in [-0.4, -0.2) is 5.78 Å². The average molecular weight is 170 g/mol. The number of hydrogen-bond acceptors (Lipinski definition) is 1. The Kier molecular flexibility index (Phi) is 4.51. The lowest BCUT2D eigenvalue weighted by Crippen LogP contribution is -2.14. The van der Waals surface area contributed by atoms with Gasteiger partial charge in [0.25, 0.3) is 0 Å². The largest absolute Gasteiger partial charge is 0.299 e. The second-order valence-corrected chi connectivity index (χ2v) is 4.84. The van der Waals surface area contributed by atoms with Crippen LogP contribution in [0.1, 0.15) is 53.9 Å². The van der Waals surface area contributed by atoms with E-state index < -0.39 is 0 Å². The van der Waals surface area contributed by atoms with Crippen LogP contribution in [0.2, 0.25) is 0 Å². The Balaban J connectivity index is 3.72. The molecule has 1 nitrogen and oxygen atoms in total. The first-order valence-corrected chi connectivity index (χ1v) is 4.89. The van der Waals surface area contributed by atoms with Crippen molar-refractivity contribution in [1.29, 1.82) is 0 Å². The standard InChI is InChI=1S/C11H22O/c1-6-9(2)10(12)7-8-11(3,4)5/h9H,6-8H2,1-5H3. The van der Waals surface area contributed by atoms with Gasteiger partial charge in [-0.05, 0) is 18.3 Å². The first kappa shape index (κ1) is 11.7. The van der Waals surface area contributed by atoms with Gasteiger partial charge in [-0.1, -0.05) is 34.6 Å². The number of ketones is 1. The summed E-state index contributed by atoms with van der Waals surface area (Å²) in [5.41, 5.74) is 0.295. The number of hydrogen-bond donors (Lipinski definition) is 0. The van der Waals surface area contributed by atoms with Crippen LogP contribution in [0.3, 0.4) is 0 Å². The zero-order valence-corrected chi connectivity index (χ0v) is 9.11. The van der Waals surface area contributed by atoms with Crippen LogP contribution in [0.15, 0.2) is 0 Å². The quantitative estimate of drug-likeness (QED) is 0.631. The minimum Gasteiger partial charge on any atom is -0.299 e. The van der Waals surface area contributed by atoms with Gasteiger partial charge in [-0.25, -0.2) is 0 Å². The number of Topliss-reactive ketones (excluding diaryl/α,β-unsaturated/α-hetero) is 1. The fraction of sp³-hybridized carbons (Fsp3) is 0.909. The first-order valence-electron chi connectivity index (χ1n) is 4.89. The molecule has 0 saturated carbocycles. The van der Waals surface area contributed by atoms with Gasteiger partial charge in [0, 0.05) is 12.3 Å². The van der Waals surface area contributed by atoms with Crippen molar-refractivity contribution in [2.75, 3.05) is 0 Å². The SMILES string of the molecule is CCC(C)C(=O)CCC(C)(C)C. The Morgan fingerprint density at radius 1 is 1.33 bits per heavy atom. The fourth-order valence-corrected chi connectivity index (χ4v) is 0.972. The molecule has 0 bridgehead atoms. The summed E-state index contributed by atoms with van der Waals surface area (Å²) < 4.78 is 0. The molecule has 0 aromatic carbocycles. The third-order valence-corrected chi connectivity index (χ3v) is 2.28. The molecule has 0 radical (unpaired) electrons. The number of carbonyl (C=O) groups is 1. The van der Waals surface area contributed by atoms with Crippen molar-refractivity contribution >= 4 is 5.78 Å². The summed E-state index contributed by atoms with van der Waals surface area (Å²) in [5.74, 6) is 0.680. The summed E-state index contributed by atoms with van der Waals surface area (Å²) in [5, 5.41) is 0. The van der Waals surface area contributed by atoms with E-state index in [1.807, 2.05) is 6.92 Å². The highest BCUT2D eigenvalue weighted by Gasteiger charge is 2.15. The van der Waals surface area contributed by atoms with Crippen molar-refractivity contribution in [3.63, 3.8) is 0 Å². The summed E-state index contributed by atoms with van der Waals surface area (Å²) in [6.07, 6.45) is 2.73. The molecule has 72 valence electrons. The van der Waals surface area contributed by atoms with E-state index in [4.69, 9.17) is 0 Å². The molecular weight excluding hydrogens is 148 g/mol. The summed E-state index contributed by atoms with van der Waals surface area (Å²) in [7, 11) is 0. The second kappa shape index (κ2) is 4.64. The van der Waals surface area contributed by atoms with Crippen LogP contribution in [0.4, 0.5) is 0 Å². The Morgan fingerprint density at radius 3 is 2.17 bits per heavy atom. The maximum absolute atomic E-state index is 11.4. The number of rotatable bonds is 4. The van der Waals surface area contributed by atoms with E-state index in [2.05, 4.69) is 27.7 Å². The van der Waals surface area contributed by atoms with Gasteiger partial charge in [0.2, 0.25) is 0 Å². The van der Waals surface area contributed by atoms with E-state index in [9.17, 15) is 4.79 Å². The Hall–Kier alpha value is -0.330. The Labute approximate surface area is 76.6 Å². The van der Waals surface area contributed by atoms with Crippen molar-refractivity contribution in [2.24, 2.45) is 11.3 Å². The smallest absolute Gasteiger partial charge is 0.135 e. The lowest BCUT2D eigenvalue weighted by atomic mass is 9.87. The molecular formula is C11H22O. The van der Waals surface area contributed by atoms with Crippen LogP contribution >= 0.6 is 0 Å². The van der Waals surface area contributed by atoms with Crippen molar-refractivity contribution in [3.8, 4) is 0 Å². The number of carbonyl (C=O) groups excluding carboxylic acids is 1. The molecule has 0 heterocycles. The van der Waals surface area contributed by atoms with Crippen molar-refractivity contribution in [1.82, 2.24) is 0 Å². The van der Waals surface area contributed by atoms with Gasteiger partial charge in [0.1, 0.15) is 5.78 Å². The van der Waals surface area contributed by atoms with E-state index in [-0.39, 0.29) is 5.92 Å². The van der Waals surface area contributed by atoms with Gasteiger partial charge >= 0.3 is 0 Å². The van der Waals surface area contributed by atoms with E-state index in [1.165, 1.54) is 0 Å². The summed E-state index contributed by atoms with van der Waals surface area (Å²) in [4.78, 5) is 11.4. The third kappa shape index (κ3) is 5.34. The Morgan fingerprint density at radius 2 is 1.83 bits per heavy atom. The molecule has 0 aliphatic carbocycles. The predicted molar refractivity (Wildman–Crippen MR) is 53.2 cm³/mol. The van der Waals surface area contributed by atoms with Gasteiger partial charge in [0.05, 0.1) is 0 Å². The van der Waals surface area contributed by atoms with E-state index in [1.54, 1.807) is 0 Å². The lowest BCUT2D eigenvalue weighted by Gasteiger charge is -2.18. The summed E-state index contributed by atoms with van der Waals surface area (Å²) >= 11 is 0. The highest BCUT2D eigenvalue weighted by molar-refractivity contribution is 5.80. The van der Waals surface area contributed by atoms with Gasteiger partial charge in [-0.2, -0.15) is 0 Å². The van der Waals surface area contributed by atoms with Gasteiger partial charge < -0.3 is 0 Å².